The van der Waals surface area contributed by atoms with Crippen molar-refractivity contribution in [3.63, 3.8) is 0 Å². The highest BCUT2D eigenvalue weighted by Crippen LogP contribution is 2.28. The van der Waals surface area contributed by atoms with Crippen LogP contribution in [0.3, 0.4) is 0 Å². The molecule has 0 saturated heterocycles. The van der Waals surface area contributed by atoms with E-state index in [4.69, 9.17) is 5.73 Å². The molecule has 0 aliphatic rings. The summed E-state index contributed by atoms with van der Waals surface area (Å²) in [7, 11) is 0. The van der Waals surface area contributed by atoms with Crippen LogP contribution in [0.15, 0.2) is 18.3 Å². The van der Waals surface area contributed by atoms with Crippen LogP contribution in [-0.2, 0) is 0 Å². The second-order valence-corrected chi connectivity index (χ2v) is 4.33. The summed E-state index contributed by atoms with van der Waals surface area (Å²) >= 11 is 0. The lowest BCUT2D eigenvalue weighted by molar-refractivity contribution is 0.629. The molecule has 0 aliphatic heterocycles. The maximum Gasteiger partial charge on any atom is 0.138 e. The predicted molar refractivity (Wildman–Crippen MR) is 67.7 cm³/mol. The third kappa shape index (κ3) is 1.66. The van der Waals surface area contributed by atoms with Gasteiger partial charge in [0.15, 0.2) is 0 Å². The molecule has 0 unspecified atom stereocenters. The zero-order chi connectivity index (χ0) is 11.7. The quantitative estimate of drug-likeness (QED) is 0.858. The van der Waals surface area contributed by atoms with E-state index in [9.17, 15) is 0 Å². The minimum absolute atomic E-state index is 0.472. The van der Waals surface area contributed by atoms with Crippen molar-refractivity contribution >= 4 is 11.5 Å². The summed E-state index contributed by atoms with van der Waals surface area (Å²) in [5.74, 6) is 1.27. The van der Waals surface area contributed by atoms with Crippen LogP contribution >= 0.6 is 0 Å². The van der Waals surface area contributed by atoms with Gasteiger partial charge in [-0.2, -0.15) is 0 Å². The molecule has 86 valence electrons. The first-order chi connectivity index (χ1) is 7.67. The standard InChI is InChI=1S/C13H19N3/c1-4-10(5-2)12-13(14)16-8-9(3)6-7-11(16)15-12/h6-8,10H,4-5,14H2,1-3H3. The molecule has 0 fully saturated rings. The van der Waals surface area contributed by atoms with Gasteiger partial charge in [0.1, 0.15) is 11.5 Å². The molecule has 3 nitrogen and oxygen atoms in total. The zero-order valence-electron chi connectivity index (χ0n) is 10.2. The van der Waals surface area contributed by atoms with E-state index >= 15 is 0 Å². The molecule has 16 heavy (non-hydrogen) atoms. The molecule has 2 aromatic heterocycles. The monoisotopic (exact) mass is 217 g/mol. The van der Waals surface area contributed by atoms with Gasteiger partial charge in [-0.15, -0.1) is 0 Å². The summed E-state index contributed by atoms with van der Waals surface area (Å²) < 4.78 is 1.99. The minimum atomic E-state index is 0.472. The fraction of sp³-hybridized carbons (Fsp3) is 0.462. The van der Waals surface area contributed by atoms with Gasteiger partial charge >= 0.3 is 0 Å². The number of fused-ring (bicyclic) bond motifs is 1. The Labute approximate surface area is 96.3 Å². The molecule has 0 amide bonds. The average molecular weight is 217 g/mol. The number of nitrogens with zero attached hydrogens (tertiary/aromatic N) is 2. The molecular formula is C13H19N3. The van der Waals surface area contributed by atoms with Gasteiger partial charge in [0.25, 0.3) is 0 Å². The summed E-state index contributed by atoms with van der Waals surface area (Å²) in [5, 5.41) is 0. The lowest BCUT2D eigenvalue weighted by Gasteiger charge is -2.09. The Morgan fingerprint density at radius 1 is 1.31 bits per heavy atom. The van der Waals surface area contributed by atoms with Crippen molar-refractivity contribution in [2.45, 2.75) is 39.5 Å². The smallest absolute Gasteiger partial charge is 0.138 e. The van der Waals surface area contributed by atoms with E-state index in [2.05, 4.69) is 31.8 Å². The minimum Gasteiger partial charge on any atom is -0.383 e. The number of anilines is 1. The largest absolute Gasteiger partial charge is 0.383 e. The van der Waals surface area contributed by atoms with Crippen LogP contribution < -0.4 is 5.73 Å². The van der Waals surface area contributed by atoms with Crippen LogP contribution in [0.5, 0.6) is 0 Å². The summed E-state index contributed by atoms with van der Waals surface area (Å²) in [6.45, 7) is 6.43. The van der Waals surface area contributed by atoms with E-state index in [1.54, 1.807) is 0 Å². The fourth-order valence-corrected chi connectivity index (χ4v) is 2.16. The van der Waals surface area contributed by atoms with Crippen LogP contribution in [0.4, 0.5) is 5.82 Å². The van der Waals surface area contributed by atoms with E-state index in [1.165, 1.54) is 5.56 Å². The molecule has 0 saturated carbocycles. The highest BCUT2D eigenvalue weighted by molar-refractivity contribution is 5.54. The van der Waals surface area contributed by atoms with Gasteiger partial charge in [0.2, 0.25) is 0 Å². The molecule has 0 radical (unpaired) electrons. The number of nitrogens with two attached hydrogens (primary N) is 1. The molecule has 0 atom stereocenters. The third-order valence-corrected chi connectivity index (χ3v) is 3.20. The summed E-state index contributed by atoms with van der Waals surface area (Å²) in [4.78, 5) is 4.63. The van der Waals surface area contributed by atoms with E-state index in [-0.39, 0.29) is 0 Å². The van der Waals surface area contributed by atoms with Crippen LogP contribution in [0.1, 0.15) is 43.9 Å². The zero-order valence-corrected chi connectivity index (χ0v) is 10.2. The highest BCUT2D eigenvalue weighted by Gasteiger charge is 2.16. The van der Waals surface area contributed by atoms with Gasteiger partial charge < -0.3 is 5.73 Å². The predicted octanol–water partition coefficient (Wildman–Crippen LogP) is 3.13. The van der Waals surface area contributed by atoms with Crippen molar-refractivity contribution in [2.75, 3.05) is 5.73 Å². The fourth-order valence-electron chi connectivity index (χ4n) is 2.16. The lowest BCUT2D eigenvalue weighted by atomic mass is 10.00. The number of rotatable bonds is 3. The third-order valence-electron chi connectivity index (χ3n) is 3.20. The van der Waals surface area contributed by atoms with E-state index in [1.807, 2.05) is 16.7 Å². The Hall–Kier alpha value is -1.51. The van der Waals surface area contributed by atoms with Gasteiger partial charge in [0.05, 0.1) is 5.69 Å². The van der Waals surface area contributed by atoms with Gasteiger partial charge in [-0.05, 0) is 31.4 Å². The van der Waals surface area contributed by atoms with Crippen molar-refractivity contribution < 1.29 is 0 Å². The Bertz CT molecular complexity index is 495. The van der Waals surface area contributed by atoms with Crippen molar-refractivity contribution in [3.8, 4) is 0 Å². The molecule has 0 aliphatic carbocycles. The number of pyridine rings is 1. The topological polar surface area (TPSA) is 43.3 Å². The van der Waals surface area contributed by atoms with Crippen LogP contribution in [0.25, 0.3) is 5.65 Å². The van der Waals surface area contributed by atoms with Gasteiger partial charge in [0, 0.05) is 12.1 Å². The second-order valence-electron chi connectivity index (χ2n) is 4.33. The van der Waals surface area contributed by atoms with Crippen molar-refractivity contribution in [3.05, 3.63) is 29.6 Å². The van der Waals surface area contributed by atoms with Crippen molar-refractivity contribution in [1.29, 1.82) is 0 Å². The number of hydrogen-bond acceptors (Lipinski definition) is 2. The molecule has 2 heterocycles. The first kappa shape index (κ1) is 11.0. The average Bonchev–Trinajstić information content (AvgIpc) is 2.59. The molecule has 0 bridgehead atoms. The maximum absolute atomic E-state index is 6.16. The number of aromatic nitrogens is 2. The molecule has 0 aromatic carbocycles. The van der Waals surface area contributed by atoms with Gasteiger partial charge in [-0.3, -0.25) is 4.40 Å². The summed E-state index contributed by atoms with van der Waals surface area (Å²) in [5.41, 5.74) is 9.36. The normalized spacial score (nSPS) is 11.5. The van der Waals surface area contributed by atoms with Crippen molar-refractivity contribution in [2.24, 2.45) is 0 Å². The number of hydrogen-bond donors (Lipinski definition) is 1. The van der Waals surface area contributed by atoms with Crippen molar-refractivity contribution in [1.82, 2.24) is 9.38 Å². The van der Waals surface area contributed by atoms with E-state index < -0.39 is 0 Å². The second kappa shape index (κ2) is 4.16. The summed E-state index contributed by atoms with van der Waals surface area (Å²) in [6, 6.07) is 4.09. The Balaban J connectivity index is 2.59. The Morgan fingerprint density at radius 3 is 2.62 bits per heavy atom. The number of imidazole rings is 1. The Morgan fingerprint density at radius 2 is 2.00 bits per heavy atom. The SMILES string of the molecule is CCC(CC)c1nc2ccc(C)cn2c1N. The molecule has 0 spiro atoms. The number of nitrogen functional groups attached to an aromatic ring is 1. The first-order valence-corrected chi connectivity index (χ1v) is 5.91. The lowest BCUT2D eigenvalue weighted by Crippen LogP contribution is -2.01. The van der Waals surface area contributed by atoms with E-state index in [0.717, 1.165) is 30.0 Å². The number of aryl methyl sites for hydroxylation is 1. The van der Waals surface area contributed by atoms with Crippen LogP contribution in [0.2, 0.25) is 0 Å². The maximum atomic E-state index is 6.16. The molecule has 2 N–H and O–H groups in total. The molecule has 3 heteroatoms. The molecular weight excluding hydrogens is 198 g/mol. The molecule has 2 rings (SSSR count). The van der Waals surface area contributed by atoms with Gasteiger partial charge in [-0.25, -0.2) is 4.98 Å². The Kier molecular flexibility index (Phi) is 2.86. The molecule has 2 aromatic rings. The van der Waals surface area contributed by atoms with Crippen LogP contribution in [-0.4, -0.2) is 9.38 Å². The highest BCUT2D eigenvalue weighted by atomic mass is 15.1. The summed E-state index contributed by atoms with van der Waals surface area (Å²) in [6.07, 6.45) is 4.22. The van der Waals surface area contributed by atoms with Crippen LogP contribution in [0, 0.1) is 6.92 Å². The first-order valence-electron chi connectivity index (χ1n) is 5.91. The van der Waals surface area contributed by atoms with Gasteiger partial charge in [-0.1, -0.05) is 19.9 Å². The van der Waals surface area contributed by atoms with E-state index in [0.29, 0.717) is 5.92 Å².